The number of aromatic nitrogens is 1. The third kappa shape index (κ3) is 3.78. The van der Waals surface area contributed by atoms with Gasteiger partial charge in [0, 0.05) is 29.6 Å². The molecule has 19 heavy (non-hydrogen) atoms. The first kappa shape index (κ1) is 14.0. The van der Waals surface area contributed by atoms with E-state index in [9.17, 15) is 4.79 Å². The Morgan fingerprint density at radius 1 is 1.47 bits per heavy atom. The van der Waals surface area contributed by atoms with Gasteiger partial charge in [-0.15, -0.1) is 11.3 Å². The first-order chi connectivity index (χ1) is 9.06. The fourth-order valence-corrected chi connectivity index (χ4v) is 2.66. The van der Waals surface area contributed by atoms with Gasteiger partial charge in [-0.05, 0) is 32.0 Å². The summed E-state index contributed by atoms with van der Waals surface area (Å²) in [5.41, 5.74) is 2.51. The normalized spacial score (nSPS) is 10.5. The molecule has 1 aromatic carbocycles. The molecule has 0 aliphatic carbocycles. The topological polar surface area (TPSA) is 42.0 Å². The SMILES string of the molecule is CC(=O)c1ccc(Cl)c(NCCc2nc(C)cs2)c1. The zero-order chi connectivity index (χ0) is 13.8. The summed E-state index contributed by atoms with van der Waals surface area (Å²) in [6.45, 7) is 4.28. The van der Waals surface area contributed by atoms with E-state index in [4.69, 9.17) is 11.6 Å². The lowest BCUT2D eigenvalue weighted by molar-refractivity contribution is 0.101. The fraction of sp³-hybridized carbons (Fsp3) is 0.286. The van der Waals surface area contributed by atoms with Crippen LogP contribution >= 0.6 is 22.9 Å². The number of aryl methyl sites for hydroxylation is 1. The molecule has 0 fully saturated rings. The van der Waals surface area contributed by atoms with Gasteiger partial charge in [0.1, 0.15) is 0 Å². The Morgan fingerprint density at radius 2 is 2.26 bits per heavy atom. The molecule has 2 aromatic rings. The quantitative estimate of drug-likeness (QED) is 0.849. The molecule has 0 radical (unpaired) electrons. The van der Waals surface area contributed by atoms with Crippen molar-refractivity contribution in [3.8, 4) is 0 Å². The first-order valence-corrected chi connectivity index (χ1v) is 7.27. The summed E-state index contributed by atoms with van der Waals surface area (Å²) in [5, 5.41) is 7.01. The molecule has 0 aliphatic rings. The maximum atomic E-state index is 11.3. The smallest absolute Gasteiger partial charge is 0.159 e. The average molecular weight is 295 g/mol. The highest BCUT2D eigenvalue weighted by Gasteiger charge is 2.05. The lowest BCUT2D eigenvalue weighted by Gasteiger charge is -2.08. The largest absolute Gasteiger partial charge is 0.383 e. The summed E-state index contributed by atoms with van der Waals surface area (Å²) in [7, 11) is 0. The molecule has 100 valence electrons. The minimum Gasteiger partial charge on any atom is -0.383 e. The number of carbonyl (C=O) groups is 1. The van der Waals surface area contributed by atoms with Crippen molar-refractivity contribution in [2.45, 2.75) is 20.3 Å². The van der Waals surface area contributed by atoms with Gasteiger partial charge < -0.3 is 5.32 Å². The number of thiazole rings is 1. The monoisotopic (exact) mass is 294 g/mol. The number of anilines is 1. The van der Waals surface area contributed by atoms with Crippen LogP contribution in [0.2, 0.25) is 5.02 Å². The molecule has 1 aromatic heterocycles. The van der Waals surface area contributed by atoms with E-state index in [1.807, 2.05) is 12.3 Å². The molecule has 0 unspecified atom stereocenters. The van der Waals surface area contributed by atoms with Gasteiger partial charge in [0.2, 0.25) is 0 Å². The maximum Gasteiger partial charge on any atom is 0.159 e. The van der Waals surface area contributed by atoms with E-state index in [-0.39, 0.29) is 5.78 Å². The molecule has 0 atom stereocenters. The van der Waals surface area contributed by atoms with E-state index < -0.39 is 0 Å². The standard InChI is InChI=1S/C14H15ClN2OS/c1-9-8-19-14(17-9)5-6-16-13-7-11(10(2)18)3-4-12(13)15/h3-4,7-8,16H,5-6H2,1-2H3. The van der Waals surface area contributed by atoms with E-state index in [2.05, 4.69) is 10.3 Å². The van der Waals surface area contributed by atoms with Crippen LogP contribution < -0.4 is 5.32 Å². The molecule has 1 N–H and O–H groups in total. The van der Waals surface area contributed by atoms with Gasteiger partial charge >= 0.3 is 0 Å². The molecule has 5 heteroatoms. The molecule has 0 bridgehead atoms. The van der Waals surface area contributed by atoms with Gasteiger partial charge in [-0.25, -0.2) is 4.98 Å². The number of hydrogen-bond acceptors (Lipinski definition) is 4. The number of ketones is 1. The molecule has 1 heterocycles. The third-order valence-corrected chi connectivity index (χ3v) is 4.05. The van der Waals surface area contributed by atoms with Gasteiger partial charge in [-0.3, -0.25) is 4.79 Å². The minimum atomic E-state index is 0.0373. The molecule has 0 spiro atoms. The third-order valence-electron chi connectivity index (χ3n) is 2.69. The van der Waals surface area contributed by atoms with Crippen molar-refractivity contribution in [1.82, 2.24) is 4.98 Å². The van der Waals surface area contributed by atoms with Crippen molar-refractivity contribution in [2.24, 2.45) is 0 Å². The van der Waals surface area contributed by atoms with Crippen LogP contribution in [-0.4, -0.2) is 17.3 Å². The van der Waals surface area contributed by atoms with Crippen LogP contribution in [0.4, 0.5) is 5.69 Å². The number of Topliss-reactive ketones (excluding diaryl/α,β-unsaturated/α-hetero) is 1. The summed E-state index contributed by atoms with van der Waals surface area (Å²) in [6.07, 6.45) is 0.846. The summed E-state index contributed by atoms with van der Waals surface area (Å²) < 4.78 is 0. The number of halogens is 1. The summed E-state index contributed by atoms with van der Waals surface area (Å²) in [4.78, 5) is 15.7. The summed E-state index contributed by atoms with van der Waals surface area (Å²) in [6, 6.07) is 5.27. The predicted molar refractivity (Wildman–Crippen MR) is 80.5 cm³/mol. The second-order valence-electron chi connectivity index (χ2n) is 4.31. The second kappa shape index (κ2) is 6.17. The average Bonchev–Trinajstić information content (AvgIpc) is 2.77. The van der Waals surface area contributed by atoms with Gasteiger partial charge in [-0.1, -0.05) is 11.6 Å². The minimum absolute atomic E-state index is 0.0373. The van der Waals surface area contributed by atoms with Crippen LogP contribution in [0.25, 0.3) is 0 Å². The number of nitrogens with one attached hydrogen (secondary N) is 1. The number of carbonyl (C=O) groups excluding carboxylic acids is 1. The van der Waals surface area contributed by atoms with Gasteiger partial charge in [0.25, 0.3) is 0 Å². The van der Waals surface area contributed by atoms with Crippen LogP contribution in [0.5, 0.6) is 0 Å². The number of hydrogen-bond donors (Lipinski definition) is 1. The van der Waals surface area contributed by atoms with Crippen molar-refractivity contribution >= 4 is 34.4 Å². The van der Waals surface area contributed by atoms with Crippen LogP contribution in [0.15, 0.2) is 23.6 Å². The maximum absolute atomic E-state index is 11.3. The van der Waals surface area contributed by atoms with E-state index in [1.54, 1.807) is 36.5 Å². The molecular formula is C14H15ClN2OS. The van der Waals surface area contributed by atoms with Crippen LogP contribution in [0.3, 0.4) is 0 Å². The fourth-order valence-electron chi connectivity index (χ4n) is 1.70. The Balaban J connectivity index is 1.99. The Kier molecular flexibility index (Phi) is 4.56. The molecular weight excluding hydrogens is 280 g/mol. The van der Waals surface area contributed by atoms with Crippen LogP contribution in [0.1, 0.15) is 28.0 Å². The van der Waals surface area contributed by atoms with E-state index in [0.717, 1.165) is 29.4 Å². The lowest BCUT2D eigenvalue weighted by atomic mass is 10.1. The Labute approximate surface area is 121 Å². The second-order valence-corrected chi connectivity index (χ2v) is 5.66. The highest BCUT2D eigenvalue weighted by Crippen LogP contribution is 2.23. The molecule has 0 amide bonds. The van der Waals surface area contributed by atoms with Crippen molar-refractivity contribution in [2.75, 3.05) is 11.9 Å². The van der Waals surface area contributed by atoms with Crippen LogP contribution in [0, 0.1) is 6.92 Å². The first-order valence-electron chi connectivity index (χ1n) is 6.01. The molecule has 0 aliphatic heterocycles. The highest BCUT2D eigenvalue weighted by molar-refractivity contribution is 7.09. The van der Waals surface area contributed by atoms with Crippen LogP contribution in [-0.2, 0) is 6.42 Å². The van der Waals surface area contributed by atoms with Crippen molar-refractivity contribution < 1.29 is 4.79 Å². The number of nitrogens with zero attached hydrogens (tertiary/aromatic N) is 1. The van der Waals surface area contributed by atoms with E-state index in [0.29, 0.717) is 10.6 Å². The number of rotatable bonds is 5. The Hall–Kier alpha value is -1.39. The molecule has 3 nitrogen and oxygen atoms in total. The molecule has 0 saturated carbocycles. The van der Waals surface area contributed by atoms with Gasteiger partial charge in [0.15, 0.2) is 5.78 Å². The van der Waals surface area contributed by atoms with Crippen molar-refractivity contribution in [1.29, 1.82) is 0 Å². The Bertz CT molecular complexity index is 595. The van der Waals surface area contributed by atoms with Gasteiger partial charge in [-0.2, -0.15) is 0 Å². The molecule has 2 rings (SSSR count). The predicted octanol–water partition coefficient (Wildman–Crippen LogP) is 3.96. The van der Waals surface area contributed by atoms with E-state index in [1.165, 1.54) is 0 Å². The number of benzene rings is 1. The van der Waals surface area contributed by atoms with Crippen molar-refractivity contribution in [3.63, 3.8) is 0 Å². The Morgan fingerprint density at radius 3 is 2.89 bits per heavy atom. The van der Waals surface area contributed by atoms with Gasteiger partial charge in [0.05, 0.1) is 15.7 Å². The highest BCUT2D eigenvalue weighted by atomic mass is 35.5. The zero-order valence-electron chi connectivity index (χ0n) is 10.9. The van der Waals surface area contributed by atoms with Crippen molar-refractivity contribution in [3.05, 3.63) is 44.9 Å². The summed E-state index contributed by atoms with van der Waals surface area (Å²) >= 11 is 7.76. The summed E-state index contributed by atoms with van der Waals surface area (Å²) in [5.74, 6) is 0.0373. The zero-order valence-corrected chi connectivity index (χ0v) is 12.4. The lowest BCUT2D eigenvalue weighted by Crippen LogP contribution is -2.06. The van der Waals surface area contributed by atoms with E-state index >= 15 is 0 Å². The molecule has 0 saturated heterocycles.